The fourth-order valence-electron chi connectivity index (χ4n) is 2.87. The maximum absolute atomic E-state index is 13.0. The molecular formula is C19H19Cl2N3O6S. The Morgan fingerprint density at radius 2 is 1.74 bits per heavy atom. The van der Waals surface area contributed by atoms with E-state index in [1.54, 1.807) is 0 Å². The van der Waals surface area contributed by atoms with Crippen molar-refractivity contribution in [1.82, 2.24) is 4.31 Å². The topological polar surface area (TPSA) is 128 Å². The standard InChI is InChI=1S/C19H19Cl2N3O6S/c20-12-1-3-14(15(22)9-12)19(26)30-11-18(25)23-16-10-13(21)2-4-17(16)31(27,28)24-5-7-29-8-6-24/h1-4,9-10H,5-8,11,22H2,(H,23,25). The van der Waals surface area contributed by atoms with Crippen LogP contribution in [0.4, 0.5) is 11.4 Å². The zero-order valence-corrected chi connectivity index (χ0v) is 18.5. The Kier molecular flexibility index (Phi) is 7.39. The van der Waals surface area contributed by atoms with E-state index >= 15 is 0 Å². The summed E-state index contributed by atoms with van der Waals surface area (Å²) in [6, 6.07) is 8.25. The number of morpholine rings is 1. The van der Waals surface area contributed by atoms with Crippen LogP contribution < -0.4 is 11.1 Å². The zero-order chi connectivity index (χ0) is 22.6. The molecule has 31 heavy (non-hydrogen) atoms. The highest BCUT2D eigenvalue weighted by Crippen LogP contribution is 2.28. The molecule has 0 saturated carbocycles. The first-order chi connectivity index (χ1) is 14.7. The molecule has 1 heterocycles. The average molecular weight is 488 g/mol. The number of carbonyl (C=O) groups is 2. The smallest absolute Gasteiger partial charge is 0.340 e. The number of nitrogens with two attached hydrogens (primary N) is 1. The first kappa shape index (κ1) is 23.3. The Hall–Kier alpha value is -2.37. The minimum absolute atomic E-state index is 0.0222. The van der Waals surface area contributed by atoms with Crippen molar-refractivity contribution in [2.75, 3.05) is 44.0 Å². The van der Waals surface area contributed by atoms with Gasteiger partial charge in [0.15, 0.2) is 6.61 Å². The van der Waals surface area contributed by atoms with E-state index in [0.29, 0.717) is 5.02 Å². The maximum atomic E-state index is 13.0. The highest BCUT2D eigenvalue weighted by molar-refractivity contribution is 7.89. The summed E-state index contributed by atoms with van der Waals surface area (Å²) in [6.07, 6.45) is 0. The minimum atomic E-state index is -3.90. The van der Waals surface area contributed by atoms with Crippen LogP contribution in [0.5, 0.6) is 0 Å². The summed E-state index contributed by atoms with van der Waals surface area (Å²) in [5, 5.41) is 3.01. The number of nitrogens with zero attached hydrogens (tertiary/aromatic N) is 1. The van der Waals surface area contributed by atoms with E-state index in [9.17, 15) is 18.0 Å². The predicted octanol–water partition coefficient (Wildman–Crippen LogP) is 2.39. The van der Waals surface area contributed by atoms with E-state index in [1.165, 1.54) is 40.7 Å². The van der Waals surface area contributed by atoms with Crippen LogP contribution in [0.2, 0.25) is 10.0 Å². The van der Waals surface area contributed by atoms with Crippen LogP contribution in [-0.2, 0) is 24.3 Å². The Bertz CT molecular complexity index is 1100. The molecule has 0 aliphatic carbocycles. The summed E-state index contributed by atoms with van der Waals surface area (Å²) in [5.41, 5.74) is 5.86. The molecule has 1 aliphatic rings. The van der Waals surface area contributed by atoms with Gasteiger partial charge in [0.25, 0.3) is 5.91 Å². The lowest BCUT2D eigenvalue weighted by Crippen LogP contribution is -2.41. The normalized spacial score (nSPS) is 14.8. The van der Waals surface area contributed by atoms with Gasteiger partial charge in [-0.25, -0.2) is 13.2 Å². The van der Waals surface area contributed by atoms with Crippen molar-refractivity contribution >= 4 is 56.5 Å². The van der Waals surface area contributed by atoms with Gasteiger partial charge in [-0.05, 0) is 36.4 Å². The second-order valence-corrected chi connectivity index (χ2v) is 9.29. The predicted molar refractivity (Wildman–Crippen MR) is 116 cm³/mol. The maximum Gasteiger partial charge on any atom is 0.340 e. The average Bonchev–Trinajstić information content (AvgIpc) is 2.72. The number of nitrogen functional groups attached to an aromatic ring is 1. The number of benzene rings is 2. The summed E-state index contributed by atoms with van der Waals surface area (Å²) in [7, 11) is -3.90. The van der Waals surface area contributed by atoms with E-state index < -0.39 is 28.5 Å². The van der Waals surface area contributed by atoms with Crippen molar-refractivity contribution in [3.63, 3.8) is 0 Å². The third kappa shape index (κ3) is 5.66. The molecule has 1 saturated heterocycles. The lowest BCUT2D eigenvalue weighted by atomic mass is 10.2. The van der Waals surface area contributed by atoms with Gasteiger partial charge in [0.05, 0.1) is 24.5 Å². The van der Waals surface area contributed by atoms with Crippen molar-refractivity contribution in [2.24, 2.45) is 0 Å². The Morgan fingerprint density at radius 3 is 2.42 bits per heavy atom. The van der Waals surface area contributed by atoms with Gasteiger partial charge in [0.1, 0.15) is 4.90 Å². The number of ether oxygens (including phenoxy) is 2. The zero-order valence-electron chi connectivity index (χ0n) is 16.1. The number of rotatable bonds is 6. The minimum Gasteiger partial charge on any atom is -0.452 e. The van der Waals surface area contributed by atoms with Crippen molar-refractivity contribution in [2.45, 2.75) is 4.90 Å². The lowest BCUT2D eigenvalue weighted by molar-refractivity contribution is -0.119. The highest BCUT2D eigenvalue weighted by Gasteiger charge is 2.29. The monoisotopic (exact) mass is 487 g/mol. The van der Waals surface area contributed by atoms with E-state index in [2.05, 4.69) is 5.32 Å². The van der Waals surface area contributed by atoms with Gasteiger partial charge in [-0.15, -0.1) is 0 Å². The summed E-state index contributed by atoms with van der Waals surface area (Å²) in [4.78, 5) is 24.4. The number of hydrogen-bond donors (Lipinski definition) is 2. The quantitative estimate of drug-likeness (QED) is 0.472. The van der Waals surface area contributed by atoms with Crippen LogP contribution in [0.15, 0.2) is 41.3 Å². The number of esters is 1. The van der Waals surface area contributed by atoms with Crippen molar-refractivity contribution < 1.29 is 27.5 Å². The Morgan fingerprint density at radius 1 is 1.10 bits per heavy atom. The number of amides is 1. The molecule has 0 atom stereocenters. The first-order valence-electron chi connectivity index (χ1n) is 9.08. The van der Waals surface area contributed by atoms with Gasteiger partial charge in [-0.3, -0.25) is 4.79 Å². The molecule has 0 aromatic heterocycles. The molecule has 2 aromatic rings. The van der Waals surface area contributed by atoms with Crippen molar-refractivity contribution in [1.29, 1.82) is 0 Å². The molecule has 1 aliphatic heterocycles. The summed E-state index contributed by atoms with van der Waals surface area (Å²) < 4.78 is 37.4. The number of carbonyl (C=O) groups excluding carboxylic acids is 2. The molecule has 166 valence electrons. The molecule has 3 rings (SSSR count). The second-order valence-electron chi connectivity index (χ2n) is 6.51. The van der Waals surface area contributed by atoms with Crippen LogP contribution >= 0.6 is 23.2 Å². The summed E-state index contributed by atoms with van der Waals surface area (Å²) in [6.45, 7) is 0.276. The third-order valence-corrected chi connectivity index (χ3v) is 6.80. The fourth-order valence-corrected chi connectivity index (χ4v) is 4.75. The summed E-state index contributed by atoms with van der Waals surface area (Å²) >= 11 is 11.8. The molecule has 0 bridgehead atoms. The van der Waals surface area contributed by atoms with Crippen LogP contribution in [0, 0.1) is 0 Å². The third-order valence-electron chi connectivity index (χ3n) is 4.37. The first-order valence-corrected chi connectivity index (χ1v) is 11.3. The van der Waals surface area contributed by atoms with Gasteiger partial charge in [0.2, 0.25) is 10.0 Å². The molecule has 1 amide bonds. The van der Waals surface area contributed by atoms with E-state index in [1.807, 2.05) is 0 Å². The van der Waals surface area contributed by atoms with Crippen LogP contribution in [0.3, 0.4) is 0 Å². The molecule has 0 unspecified atom stereocenters. The molecule has 2 aromatic carbocycles. The van der Waals surface area contributed by atoms with Gasteiger partial charge in [0, 0.05) is 28.8 Å². The molecule has 0 spiro atoms. The summed E-state index contributed by atoms with van der Waals surface area (Å²) in [5.74, 6) is -1.57. The molecule has 3 N–H and O–H groups in total. The van der Waals surface area contributed by atoms with Gasteiger partial charge < -0.3 is 20.5 Å². The molecule has 0 radical (unpaired) electrons. The molecular weight excluding hydrogens is 469 g/mol. The van der Waals surface area contributed by atoms with E-state index in [4.69, 9.17) is 38.4 Å². The van der Waals surface area contributed by atoms with Crippen LogP contribution in [-0.4, -0.2) is 57.5 Å². The number of anilines is 2. The number of sulfonamides is 1. The SMILES string of the molecule is Nc1cc(Cl)ccc1C(=O)OCC(=O)Nc1cc(Cl)ccc1S(=O)(=O)N1CCOCC1. The van der Waals surface area contributed by atoms with Crippen LogP contribution in [0.1, 0.15) is 10.4 Å². The van der Waals surface area contributed by atoms with Crippen molar-refractivity contribution in [3.05, 3.63) is 52.0 Å². The van der Waals surface area contributed by atoms with Gasteiger partial charge in [-0.1, -0.05) is 23.2 Å². The lowest BCUT2D eigenvalue weighted by Gasteiger charge is -2.27. The largest absolute Gasteiger partial charge is 0.452 e. The van der Waals surface area contributed by atoms with E-state index in [-0.39, 0.29) is 53.2 Å². The molecule has 9 nitrogen and oxygen atoms in total. The Labute approximate surface area is 189 Å². The Balaban J connectivity index is 1.72. The van der Waals surface area contributed by atoms with Crippen LogP contribution in [0.25, 0.3) is 0 Å². The van der Waals surface area contributed by atoms with Gasteiger partial charge in [-0.2, -0.15) is 4.31 Å². The fraction of sp³-hybridized carbons (Fsp3) is 0.263. The molecule has 1 fully saturated rings. The van der Waals surface area contributed by atoms with Crippen molar-refractivity contribution in [3.8, 4) is 0 Å². The second kappa shape index (κ2) is 9.84. The van der Waals surface area contributed by atoms with E-state index in [0.717, 1.165) is 0 Å². The number of nitrogens with one attached hydrogen (secondary N) is 1. The van der Waals surface area contributed by atoms with Gasteiger partial charge >= 0.3 is 5.97 Å². The number of halogens is 2. The number of hydrogen-bond acceptors (Lipinski definition) is 7. The molecule has 12 heteroatoms. The highest BCUT2D eigenvalue weighted by atomic mass is 35.5.